The van der Waals surface area contributed by atoms with Crippen LogP contribution in [0.4, 0.5) is 39.8 Å². The van der Waals surface area contributed by atoms with Gasteiger partial charge >= 0.3 is 18.4 Å². The van der Waals surface area contributed by atoms with Gasteiger partial charge in [-0.3, -0.25) is 0 Å². The molecule has 0 bridgehead atoms. The van der Waals surface area contributed by atoms with Gasteiger partial charge in [0, 0.05) is 122 Å². The fourth-order valence-electron chi connectivity index (χ4n) is 11.3. The minimum Gasteiger partial charge on any atom is -0.452 e. The molecule has 0 radical (unpaired) electrons. The van der Waals surface area contributed by atoms with Gasteiger partial charge in [-0.2, -0.15) is 17.5 Å². The number of carbonyl (C=O) groups is 2. The third-order valence-corrected chi connectivity index (χ3v) is 20.6. The Balaban J connectivity index is 0.000000271. The maximum Gasteiger partial charge on any atom is 0.421 e. The highest BCUT2D eigenvalue weighted by molar-refractivity contribution is 9.10. The molecule has 0 saturated carbocycles. The molecule has 2 aromatic heterocycles. The van der Waals surface area contributed by atoms with Crippen molar-refractivity contribution in [2.45, 2.75) is 211 Å². The third kappa shape index (κ3) is 27.9. The van der Waals surface area contributed by atoms with Crippen molar-refractivity contribution < 1.29 is 78.3 Å². The zero-order valence-electron chi connectivity index (χ0n) is 62.9. The average Bonchev–Trinajstić information content (AvgIpc) is 1.12. The molecule has 10 rings (SSSR count). The smallest absolute Gasteiger partial charge is 0.421 e. The second-order valence-electron chi connectivity index (χ2n) is 29.9. The lowest BCUT2D eigenvalue weighted by atomic mass is 9.96. The van der Waals surface area contributed by atoms with Gasteiger partial charge in [-0.05, 0) is 232 Å². The summed E-state index contributed by atoms with van der Waals surface area (Å²) in [5.41, 5.74) is -0.150. The summed E-state index contributed by atoms with van der Waals surface area (Å²) < 4.78 is 105. The molecule has 4 aromatic carbocycles. The van der Waals surface area contributed by atoms with E-state index in [2.05, 4.69) is 73.3 Å². The fourth-order valence-corrected chi connectivity index (χ4v) is 13.7. The number of nitrogens with one attached hydrogen (secondary N) is 1. The van der Waals surface area contributed by atoms with E-state index in [0.29, 0.717) is 49.3 Å². The molecule has 5 N–H and O–H groups in total. The zero-order valence-corrected chi connectivity index (χ0v) is 67.7. The maximum absolute atomic E-state index is 12.6. The molecule has 1 unspecified atom stereocenters. The number of alkyl halides is 3. The van der Waals surface area contributed by atoms with Gasteiger partial charge in [0.2, 0.25) is 10.2 Å². The number of hydrogen-bond acceptors (Lipinski definition) is 18. The van der Waals surface area contributed by atoms with Crippen LogP contribution in [0.15, 0.2) is 157 Å². The molecule has 6 heterocycles. The average molecular weight is 1600 g/mol. The lowest BCUT2D eigenvalue weighted by Gasteiger charge is -2.41. The molecule has 4 saturated heterocycles. The number of amides is 2. The van der Waals surface area contributed by atoms with E-state index in [1.807, 2.05) is 123 Å². The number of furan rings is 2. The number of aliphatic hydroxyl groups is 4. The minimum atomic E-state index is -4.67. The van der Waals surface area contributed by atoms with E-state index in [0.717, 1.165) is 67.7 Å². The molecule has 4 aliphatic heterocycles. The van der Waals surface area contributed by atoms with E-state index >= 15 is 0 Å². The number of sulfonamides is 1. The van der Waals surface area contributed by atoms with Crippen LogP contribution in [0.1, 0.15) is 159 Å². The molecule has 5 atom stereocenters. The largest absolute Gasteiger partial charge is 0.452 e. The van der Waals surface area contributed by atoms with Crippen LogP contribution >= 0.6 is 39.0 Å². The van der Waals surface area contributed by atoms with Crippen LogP contribution in [0.25, 0.3) is 0 Å². The predicted molar refractivity (Wildman–Crippen MR) is 409 cm³/mol. The number of piperidine rings is 1. The number of carbonyl (C=O) groups excluding carboxylic acids is 2. The summed E-state index contributed by atoms with van der Waals surface area (Å²) in [6.07, 6.45) is 1.43. The number of nitrogens with zero attached hydrogens (tertiary/aromatic N) is 6. The molecule has 582 valence electrons. The molecule has 0 aliphatic carbocycles. The molecule has 2 amide bonds. The van der Waals surface area contributed by atoms with E-state index < -0.39 is 58.9 Å². The summed E-state index contributed by atoms with van der Waals surface area (Å²) in [6, 6.07) is 36.5. The molecule has 4 aliphatic rings. The molecular weight excluding hydrogens is 1490 g/mol. The second-order valence-corrected chi connectivity index (χ2v) is 35.2. The number of rotatable bonds is 10. The van der Waals surface area contributed by atoms with E-state index in [1.165, 1.54) is 84.2 Å². The highest BCUT2D eigenvalue weighted by Crippen LogP contribution is 2.39. The summed E-state index contributed by atoms with van der Waals surface area (Å²) in [5.74, 6) is 0. The van der Waals surface area contributed by atoms with Crippen molar-refractivity contribution in [3.8, 4) is 0 Å². The Morgan fingerprint density at radius 2 is 0.894 bits per heavy atom. The molecule has 0 spiro atoms. The summed E-state index contributed by atoms with van der Waals surface area (Å²) >= 11 is 3.10. The quantitative estimate of drug-likeness (QED) is 0.0799. The summed E-state index contributed by atoms with van der Waals surface area (Å²) in [6.45, 7) is 38.2. The van der Waals surface area contributed by atoms with Crippen LogP contribution in [0, 0.1) is 0 Å². The van der Waals surface area contributed by atoms with Crippen LogP contribution in [-0.2, 0) is 51.0 Å². The number of halogens is 6. The zero-order chi connectivity index (χ0) is 77.5. The molecule has 6 aromatic rings. The van der Waals surface area contributed by atoms with Gasteiger partial charge in [-0.15, -0.1) is 12.4 Å². The van der Waals surface area contributed by atoms with Crippen molar-refractivity contribution >= 4 is 87.3 Å². The first kappa shape index (κ1) is 90.3. The van der Waals surface area contributed by atoms with Crippen LogP contribution in [-0.4, -0.2) is 171 Å². The lowest BCUT2D eigenvalue weighted by Crippen LogP contribution is -2.54. The Morgan fingerprint density at radius 1 is 0.510 bits per heavy atom. The Kier molecular flexibility index (Phi) is 32.7. The number of ether oxygens (including phenoxy) is 2. The van der Waals surface area contributed by atoms with Crippen molar-refractivity contribution in [2.75, 3.05) is 80.1 Å². The van der Waals surface area contributed by atoms with Crippen LogP contribution in [0.5, 0.6) is 0 Å². The normalized spacial score (nSPS) is 19.2. The lowest BCUT2D eigenvalue weighted by molar-refractivity contribution is -0.258. The first-order valence-corrected chi connectivity index (χ1v) is 39.0. The number of piperazine rings is 3. The van der Waals surface area contributed by atoms with Crippen molar-refractivity contribution in [3.05, 3.63) is 161 Å². The van der Waals surface area contributed by atoms with Crippen LogP contribution < -0.4 is 20.0 Å². The van der Waals surface area contributed by atoms with Gasteiger partial charge in [0.25, 0.3) is 19.1 Å². The van der Waals surface area contributed by atoms with Gasteiger partial charge in [-0.25, -0.2) is 26.4 Å². The molecule has 104 heavy (non-hydrogen) atoms. The highest BCUT2D eigenvalue weighted by Gasteiger charge is 2.51. The van der Waals surface area contributed by atoms with Crippen molar-refractivity contribution in [2.24, 2.45) is 0 Å². The van der Waals surface area contributed by atoms with E-state index in [4.69, 9.17) is 24.6 Å². The molecular formula is C75H109BrCl2F3N7O14S2. The molecule has 4 fully saturated rings. The summed E-state index contributed by atoms with van der Waals surface area (Å²) in [7, 11) is -2.35. The minimum absolute atomic E-state index is 0. The van der Waals surface area contributed by atoms with Crippen molar-refractivity contribution in [1.82, 2.24) is 19.4 Å². The van der Waals surface area contributed by atoms with E-state index in [1.54, 1.807) is 43.6 Å². The van der Waals surface area contributed by atoms with Gasteiger partial charge in [-0.1, -0.05) is 64.5 Å². The number of hydrogen-bond donors (Lipinski definition) is 5. The third-order valence-electron chi connectivity index (χ3n) is 17.2. The van der Waals surface area contributed by atoms with Gasteiger partial charge in [0.05, 0.1) is 29.3 Å². The first-order valence-electron chi connectivity index (χ1n) is 34.4. The van der Waals surface area contributed by atoms with Crippen LogP contribution in [0.3, 0.4) is 0 Å². The molecule has 21 nitrogen and oxygen atoms in total. The Morgan fingerprint density at radius 3 is 1.23 bits per heavy atom. The van der Waals surface area contributed by atoms with Crippen molar-refractivity contribution in [3.63, 3.8) is 0 Å². The van der Waals surface area contributed by atoms with E-state index in [9.17, 15) is 60.0 Å². The van der Waals surface area contributed by atoms with Crippen LogP contribution in [0.2, 0.25) is 0 Å². The topological polar surface area (TPSA) is 260 Å². The van der Waals surface area contributed by atoms with E-state index in [-0.39, 0.29) is 52.4 Å². The highest BCUT2D eigenvalue weighted by atomic mass is 79.9. The maximum atomic E-state index is 12.6. The SMILES string of the molecule is CC(O)(c1ccc(Br)cc1)C(F)(F)F.C[C@H]1CCCCN1c1ccc(C(C)(C)O)cc1.C[C@H]1CN(C(=O)OC(C)(C)C)CCN1.C[C@H]1CN(C(=O)OC(C)(C)C)CCN1c1ccc(C(C)(C)O)cc1.C[C@H]1CN(S(=O)(=O)c2ccco2)CCN1c1ccc(C(C)(C)O)cc1.Cl.O=S(=O)(Cl)c1ccco1. The summed E-state index contributed by atoms with van der Waals surface area (Å²) in [5, 5.41) is 42.4. The van der Waals surface area contributed by atoms with Gasteiger partial charge < -0.3 is 68.6 Å². The Bertz CT molecular complexity index is 3810. The second kappa shape index (κ2) is 37.6. The Hall–Kier alpha value is -6.11. The Labute approximate surface area is 633 Å². The number of anilines is 3. The monoisotopic (exact) mass is 1600 g/mol. The predicted octanol–water partition coefficient (Wildman–Crippen LogP) is 15.1. The summed E-state index contributed by atoms with van der Waals surface area (Å²) in [4.78, 5) is 34.3. The fraction of sp³-hybridized carbons (Fsp3) is 0.547. The first-order chi connectivity index (χ1) is 47.4. The van der Waals surface area contributed by atoms with Gasteiger partial charge in [0.15, 0.2) is 5.60 Å². The van der Waals surface area contributed by atoms with Gasteiger partial charge in [0.1, 0.15) is 11.2 Å². The molecule has 29 heteroatoms. The standard InChI is InChI=1S/C19H30N2O3.C18H24N2O4S.C15H23NO.C10H20N2O2.C9H8BrF3O.C4H3ClO3S.ClH/c1-14-13-20(17(22)24-18(2,3)4)11-12-21(14)16-9-7-15(8-10-16)19(5,6)23;1-14-13-19(25(22,23)17-5-4-12-24-17)10-11-20(14)16-8-6-15(7-9-16)18(2,3)21;1-12-6-4-5-11-16(12)14-9-7-13(8-10-14)15(2,3)17;1-8-7-12(6-5-11-8)9(13)14-10(2,3)4;1-8(14,9(11,12)13)6-2-4-7(10)5-3-6;5-9(6,7)4-2-1-3-8-4;/h7-10,14,23H,11-13H2,1-6H3;4-9,12,14,21H,10-11,13H2,1-3H3;7-10,12,17H,4-6,11H2,1-3H3;8,11H,5-7H2,1-4H3;2-5,14H,1H3;1-3H;1H/t2*14-;12-;8-;;;/m0000.../s1. The van der Waals surface area contributed by atoms with Crippen molar-refractivity contribution in [1.29, 1.82) is 0 Å². The number of benzene rings is 4.